The van der Waals surface area contributed by atoms with E-state index in [1.165, 1.54) is 31.2 Å². The maximum atomic E-state index is 5.55. The molecule has 2 unspecified atom stereocenters. The van der Waals surface area contributed by atoms with Gasteiger partial charge in [0.25, 0.3) is 0 Å². The first kappa shape index (κ1) is 14.2. The Balaban J connectivity index is 2.19. The molecule has 19 heavy (non-hydrogen) atoms. The Kier molecular flexibility index (Phi) is 5.08. The number of ether oxygens (including phenoxy) is 2. The van der Waals surface area contributed by atoms with Crippen LogP contribution in [0.4, 0.5) is 0 Å². The van der Waals surface area contributed by atoms with Gasteiger partial charge >= 0.3 is 0 Å². The minimum absolute atomic E-state index is 0.562. The Labute approximate surface area is 116 Å². The second kappa shape index (κ2) is 6.80. The molecule has 1 aliphatic rings. The maximum Gasteiger partial charge on any atom is 0.126 e. The largest absolute Gasteiger partial charge is 0.497 e. The first-order valence-electron chi connectivity index (χ1n) is 7.25. The van der Waals surface area contributed by atoms with Crippen molar-refractivity contribution in [3.8, 4) is 11.5 Å². The summed E-state index contributed by atoms with van der Waals surface area (Å²) in [5.74, 6) is 2.37. The van der Waals surface area contributed by atoms with Crippen molar-refractivity contribution >= 4 is 0 Å². The SMILES string of the molecule is CCCNC1CCCC1c1ccc(OC)cc1OC. The number of hydrogen-bond donors (Lipinski definition) is 1. The molecule has 0 aliphatic heterocycles. The lowest BCUT2D eigenvalue weighted by atomic mass is 9.93. The summed E-state index contributed by atoms with van der Waals surface area (Å²) in [4.78, 5) is 0. The highest BCUT2D eigenvalue weighted by molar-refractivity contribution is 5.43. The minimum Gasteiger partial charge on any atom is -0.497 e. The summed E-state index contributed by atoms with van der Waals surface area (Å²) >= 11 is 0. The summed E-state index contributed by atoms with van der Waals surface area (Å²) in [6.45, 7) is 3.31. The van der Waals surface area contributed by atoms with Crippen molar-refractivity contribution in [3.63, 3.8) is 0 Å². The summed E-state index contributed by atoms with van der Waals surface area (Å²) in [6.07, 6.45) is 4.98. The van der Waals surface area contributed by atoms with Gasteiger partial charge in [0.05, 0.1) is 14.2 Å². The molecule has 0 radical (unpaired) electrons. The molecule has 106 valence electrons. The number of nitrogens with one attached hydrogen (secondary N) is 1. The molecule has 1 N–H and O–H groups in total. The van der Waals surface area contributed by atoms with E-state index in [0.717, 1.165) is 18.0 Å². The summed E-state index contributed by atoms with van der Waals surface area (Å²) in [7, 11) is 3.43. The molecule has 0 aromatic heterocycles. The lowest BCUT2D eigenvalue weighted by molar-refractivity contribution is 0.383. The van der Waals surface area contributed by atoms with Gasteiger partial charge in [-0.1, -0.05) is 19.4 Å². The van der Waals surface area contributed by atoms with E-state index in [-0.39, 0.29) is 0 Å². The summed E-state index contributed by atoms with van der Waals surface area (Å²) in [6, 6.07) is 6.77. The van der Waals surface area contributed by atoms with Crippen LogP contribution in [0, 0.1) is 0 Å². The predicted octanol–water partition coefficient (Wildman–Crippen LogP) is 3.34. The molecule has 0 bridgehead atoms. The smallest absolute Gasteiger partial charge is 0.126 e. The molecule has 0 amide bonds. The number of hydrogen-bond acceptors (Lipinski definition) is 3. The monoisotopic (exact) mass is 263 g/mol. The van der Waals surface area contributed by atoms with E-state index in [9.17, 15) is 0 Å². The summed E-state index contributed by atoms with van der Waals surface area (Å²) in [5, 5.41) is 3.67. The second-order valence-corrected chi connectivity index (χ2v) is 5.21. The second-order valence-electron chi connectivity index (χ2n) is 5.21. The highest BCUT2D eigenvalue weighted by atomic mass is 16.5. The van der Waals surface area contributed by atoms with E-state index in [0.29, 0.717) is 12.0 Å². The van der Waals surface area contributed by atoms with Crippen LogP contribution >= 0.6 is 0 Å². The van der Waals surface area contributed by atoms with Gasteiger partial charge in [0.2, 0.25) is 0 Å². The molecule has 2 atom stereocenters. The first-order chi connectivity index (χ1) is 9.30. The van der Waals surface area contributed by atoms with Gasteiger partial charge in [-0.05, 0) is 37.4 Å². The number of methoxy groups -OCH3 is 2. The van der Waals surface area contributed by atoms with E-state index in [2.05, 4.69) is 18.3 Å². The van der Waals surface area contributed by atoms with Crippen molar-refractivity contribution < 1.29 is 9.47 Å². The Morgan fingerprint density at radius 3 is 2.74 bits per heavy atom. The van der Waals surface area contributed by atoms with Crippen LogP contribution in [0.1, 0.15) is 44.1 Å². The fraction of sp³-hybridized carbons (Fsp3) is 0.625. The Morgan fingerprint density at radius 2 is 2.05 bits per heavy atom. The Bertz CT molecular complexity index is 406. The third-order valence-corrected chi connectivity index (χ3v) is 4.01. The van der Waals surface area contributed by atoms with E-state index in [1.807, 2.05) is 12.1 Å². The van der Waals surface area contributed by atoms with Gasteiger partial charge in [-0.3, -0.25) is 0 Å². The van der Waals surface area contributed by atoms with Crippen molar-refractivity contribution in [2.24, 2.45) is 0 Å². The van der Waals surface area contributed by atoms with Crippen molar-refractivity contribution in [1.29, 1.82) is 0 Å². The van der Waals surface area contributed by atoms with Crippen LogP contribution in [0.3, 0.4) is 0 Å². The summed E-state index contributed by atoms with van der Waals surface area (Å²) in [5.41, 5.74) is 1.31. The van der Waals surface area contributed by atoms with E-state index in [4.69, 9.17) is 9.47 Å². The predicted molar refractivity (Wildman–Crippen MR) is 78.2 cm³/mol. The Hall–Kier alpha value is -1.22. The average molecular weight is 263 g/mol. The molecule has 1 aromatic rings. The molecule has 3 nitrogen and oxygen atoms in total. The maximum absolute atomic E-state index is 5.55. The van der Waals surface area contributed by atoms with Gasteiger partial charge in [0.15, 0.2) is 0 Å². The van der Waals surface area contributed by atoms with Crippen LogP contribution in [0.2, 0.25) is 0 Å². The van der Waals surface area contributed by atoms with Crippen LogP contribution in [0.25, 0.3) is 0 Å². The standard InChI is InChI=1S/C16H25NO2/c1-4-10-17-15-7-5-6-13(15)14-9-8-12(18-2)11-16(14)19-3/h8-9,11,13,15,17H,4-7,10H2,1-3H3. The highest BCUT2D eigenvalue weighted by Crippen LogP contribution is 2.40. The van der Waals surface area contributed by atoms with Crippen molar-refractivity contribution in [2.75, 3.05) is 20.8 Å². The van der Waals surface area contributed by atoms with Crippen LogP contribution < -0.4 is 14.8 Å². The number of rotatable bonds is 6. The number of benzene rings is 1. The zero-order valence-electron chi connectivity index (χ0n) is 12.2. The summed E-state index contributed by atoms with van der Waals surface area (Å²) < 4.78 is 10.8. The van der Waals surface area contributed by atoms with E-state index < -0.39 is 0 Å². The molecule has 1 saturated carbocycles. The normalized spacial score (nSPS) is 22.5. The van der Waals surface area contributed by atoms with Crippen molar-refractivity contribution in [1.82, 2.24) is 5.32 Å². The molecule has 1 aliphatic carbocycles. The molecule has 0 heterocycles. The van der Waals surface area contributed by atoms with Crippen LogP contribution in [-0.4, -0.2) is 26.8 Å². The molecule has 3 heteroatoms. The van der Waals surface area contributed by atoms with Crippen molar-refractivity contribution in [2.45, 2.75) is 44.6 Å². The lowest BCUT2D eigenvalue weighted by Gasteiger charge is -2.23. The highest BCUT2D eigenvalue weighted by Gasteiger charge is 2.30. The zero-order chi connectivity index (χ0) is 13.7. The molecular weight excluding hydrogens is 238 g/mol. The first-order valence-corrected chi connectivity index (χ1v) is 7.25. The van der Waals surface area contributed by atoms with Crippen LogP contribution in [-0.2, 0) is 0 Å². The van der Waals surface area contributed by atoms with Gasteiger partial charge in [-0.2, -0.15) is 0 Å². The average Bonchev–Trinajstić information content (AvgIpc) is 2.92. The lowest BCUT2D eigenvalue weighted by Crippen LogP contribution is -2.31. The zero-order valence-corrected chi connectivity index (χ0v) is 12.2. The molecule has 1 aromatic carbocycles. The van der Waals surface area contributed by atoms with Crippen LogP contribution in [0.15, 0.2) is 18.2 Å². The molecule has 0 saturated heterocycles. The van der Waals surface area contributed by atoms with Crippen LogP contribution in [0.5, 0.6) is 11.5 Å². The fourth-order valence-electron chi connectivity index (χ4n) is 3.03. The topological polar surface area (TPSA) is 30.5 Å². The fourth-order valence-corrected chi connectivity index (χ4v) is 3.03. The molecule has 1 fully saturated rings. The van der Waals surface area contributed by atoms with E-state index in [1.54, 1.807) is 14.2 Å². The minimum atomic E-state index is 0.562. The van der Waals surface area contributed by atoms with Gasteiger partial charge in [-0.15, -0.1) is 0 Å². The third-order valence-electron chi connectivity index (χ3n) is 4.01. The van der Waals surface area contributed by atoms with E-state index >= 15 is 0 Å². The third kappa shape index (κ3) is 3.21. The van der Waals surface area contributed by atoms with Gasteiger partial charge in [-0.25, -0.2) is 0 Å². The molecule has 2 rings (SSSR count). The van der Waals surface area contributed by atoms with Crippen molar-refractivity contribution in [3.05, 3.63) is 23.8 Å². The Morgan fingerprint density at radius 1 is 1.21 bits per heavy atom. The molecule has 0 spiro atoms. The van der Waals surface area contributed by atoms with Gasteiger partial charge in [0.1, 0.15) is 11.5 Å². The quantitative estimate of drug-likeness (QED) is 0.854. The van der Waals surface area contributed by atoms with Gasteiger partial charge < -0.3 is 14.8 Å². The van der Waals surface area contributed by atoms with Gasteiger partial charge in [0, 0.05) is 18.0 Å². The molecular formula is C16H25NO2.